The van der Waals surface area contributed by atoms with Crippen molar-refractivity contribution in [2.24, 2.45) is 0 Å². The zero-order valence-corrected chi connectivity index (χ0v) is 13.6. The average Bonchev–Trinajstić information content (AvgIpc) is 3.03. The van der Waals surface area contributed by atoms with Crippen molar-refractivity contribution in [3.63, 3.8) is 0 Å². The quantitative estimate of drug-likeness (QED) is 0.752. The van der Waals surface area contributed by atoms with Gasteiger partial charge in [-0.15, -0.1) is 11.3 Å². The van der Waals surface area contributed by atoms with Crippen LogP contribution in [0.25, 0.3) is 21.9 Å². The first-order valence-corrected chi connectivity index (χ1v) is 8.21. The van der Waals surface area contributed by atoms with Crippen LogP contribution in [0, 0.1) is 0 Å². The van der Waals surface area contributed by atoms with E-state index in [1.165, 1.54) is 11.3 Å². The number of nitrogens with zero attached hydrogens (tertiary/aromatic N) is 1. The highest BCUT2D eigenvalue weighted by atomic mass is 32.1. The molecule has 3 heterocycles. The summed E-state index contributed by atoms with van der Waals surface area (Å²) in [6.45, 7) is 1.92. The Hall–Kier alpha value is -2.93. The van der Waals surface area contributed by atoms with Crippen LogP contribution in [0.2, 0.25) is 0 Å². The fourth-order valence-corrected chi connectivity index (χ4v) is 3.33. The molecular weight excluding hydrogens is 326 g/mol. The third kappa shape index (κ3) is 2.59. The molecule has 0 aliphatic carbocycles. The number of fused-ring (bicyclic) bond motifs is 2. The highest BCUT2D eigenvalue weighted by Crippen LogP contribution is 2.29. The summed E-state index contributed by atoms with van der Waals surface area (Å²) >= 11 is 1.44. The normalized spacial score (nSPS) is 14.2. The molecule has 0 saturated heterocycles. The van der Waals surface area contributed by atoms with Crippen LogP contribution in [0.1, 0.15) is 18.3 Å². The lowest BCUT2D eigenvalue weighted by Crippen LogP contribution is -2.25. The van der Waals surface area contributed by atoms with E-state index in [1.54, 1.807) is 6.07 Å². The first-order valence-electron chi connectivity index (χ1n) is 7.33. The molecule has 1 aromatic carbocycles. The van der Waals surface area contributed by atoms with E-state index in [-0.39, 0.29) is 18.1 Å². The maximum atomic E-state index is 12.1. The van der Waals surface area contributed by atoms with Crippen LogP contribution in [0.4, 0.5) is 5.69 Å². The Morgan fingerprint density at radius 3 is 3.08 bits per heavy atom. The predicted molar refractivity (Wildman–Crippen MR) is 94.4 cm³/mol. The van der Waals surface area contributed by atoms with Gasteiger partial charge in [0.15, 0.2) is 6.61 Å². The van der Waals surface area contributed by atoms with Crippen LogP contribution in [0.15, 0.2) is 34.4 Å². The number of carbonyl (C=O) groups excluding carboxylic acids is 1. The molecule has 3 aromatic rings. The second-order valence-corrected chi connectivity index (χ2v) is 6.37. The molecule has 120 valence electrons. The molecule has 0 atom stereocenters. The summed E-state index contributed by atoms with van der Waals surface area (Å²) < 4.78 is 5.34. The van der Waals surface area contributed by atoms with E-state index >= 15 is 0 Å². The number of hydrogen-bond acceptors (Lipinski definition) is 5. The molecule has 1 aliphatic rings. The van der Waals surface area contributed by atoms with Crippen LogP contribution in [0.5, 0.6) is 5.75 Å². The number of aromatic nitrogens is 2. The van der Waals surface area contributed by atoms with Crippen molar-refractivity contribution in [1.29, 1.82) is 0 Å². The molecule has 7 heteroatoms. The van der Waals surface area contributed by atoms with E-state index in [0.717, 1.165) is 11.1 Å². The molecule has 0 saturated carbocycles. The Balaban J connectivity index is 1.73. The molecule has 1 aliphatic heterocycles. The minimum absolute atomic E-state index is 0.0349. The van der Waals surface area contributed by atoms with Gasteiger partial charge in [0.2, 0.25) is 0 Å². The van der Waals surface area contributed by atoms with E-state index in [2.05, 4.69) is 15.3 Å². The summed E-state index contributed by atoms with van der Waals surface area (Å²) in [6.07, 6.45) is 1.90. The van der Waals surface area contributed by atoms with Crippen molar-refractivity contribution in [2.75, 3.05) is 11.9 Å². The molecule has 4 rings (SSSR count). The van der Waals surface area contributed by atoms with Crippen molar-refractivity contribution in [3.8, 4) is 5.75 Å². The number of ether oxygens (including phenoxy) is 1. The fourth-order valence-electron chi connectivity index (χ4n) is 2.56. The second-order valence-electron chi connectivity index (χ2n) is 5.47. The van der Waals surface area contributed by atoms with Gasteiger partial charge in [-0.25, -0.2) is 4.98 Å². The standard InChI is InChI=1S/C17H13N3O3S/c1-9(15-19-16(22)11-4-5-24-17(11)20-15)6-10-2-3-13-12(7-10)18-14(21)8-23-13/h2-7H,8H2,1H3,(H,18,21)(H,19,20,22). The van der Waals surface area contributed by atoms with Gasteiger partial charge in [-0.2, -0.15) is 0 Å². The zero-order valence-electron chi connectivity index (χ0n) is 12.8. The van der Waals surface area contributed by atoms with Crippen LogP contribution < -0.4 is 15.6 Å². The Morgan fingerprint density at radius 1 is 1.33 bits per heavy atom. The molecule has 0 bridgehead atoms. The molecule has 2 aromatic heterocycles. The molecule has 0 fully saturated rings. The van der Waals surface area contributed by atoms with Gasteiger partial charge in [-0.05, 0) is 47.7 Å². The fraction of sp³-hybridized carbons (Fsp3) is 0.118. The molecule has 6 nitrogen and oxygen atoms in total. The number of H-pyrrole nitrogens is 1. The SMILES string of the molecule is CC(=Cc1ccc2c(c1)NC(=O)CO2)c1nc2sccc2c(=O)[nH]1. The molecule has 0 radical (unpaired) electrons. The highest BCUT2D eigenvalue weighted by Gasteiger charge is 2.15. The van der Waals surface area contributed by atoms with E-state index in [4.69, 9.17) is 4.74 Å². The average molecular weight is 339 g/mol. The molecular formula is C17H13N3O3S. The molecule has 1 amide bonds. The summed E-state index contributed by atoms with van der Waals surface area (Å²) in [4.78, 5) is 31.5. The molecule has 2 N–H and O–H groups in total. The Bertz CT molecular complexity index is 1050. The Kier molecular flexibility index (Phi) is 3.42. The van der Waals surface area contributed by atoms with Crippen molar-refractivity contribution < 1.29 is 9.53 Å². The molecule has 0 unspecified atom stereocenters. The van der Waals surface area contributed by atoms with Gasteiger partial charge in [0.05, 0.1) is 11.1 Å². The van der Waals surface area contributed by atoms with Crippen LogP contribution in [0.3, 0.4) is 0 Å². The Morgan fingerprint density at radius 2 is 2.21 bits per heavy atom. The summed E-state index contributed by atoms with van der Waals surface area (Å²) in [6, 6.07) is 7.30. The van der Waals surface area contributed by atoms with Gasteiger partial charge >= 0.3 is 0 Å². The van der Waals surface area contributed by atoms with Crippen LogP contribution in [-0.4, -0.2) is 22.5 Å². The third-order valence-electron chi connectivity index (χ3n) is 3.73. The summed E-state index contributed by atoms with van der Waals surface area (Å²) in [7, 11) is 0. The van der Waals surface area contributed by atoms with E-state index < -0.39 is 0 Å². The number of amides is 1. The number of aromatic amines is 1. The summed E-state index contributed by atoms with van der Waals surface area (Å²) in [5, 5.41) is 5.23. The maximum Gasteiger partial charge on any atom is 0.262 e. The van der Waals surface area contributed by atoms with Gasteiger partial charge in [0.25, 0.3) is 11.5 Å². The first-order chi connectivity index (χ1) is 11.6. The lowest BCUT2D eigenvalue weighted by Gasteiger charge is -2.18. The summed E-state index contributed by atoms with van der Waals surface area (Å²) in [5.41, 5.74) is 2.20. The van der Waals surface area contributed by atoms with E-state index in [9.17, 15) is 9.59 Å². The van der Waals surface area contributed by atoms with Crippen molar-refractivity contribution in [1.82, 2.24) is 9.97 Å². The monoisotopic (exact) mass is 339 g/mol. The van der Waals surface area contributed by atoms with Gasteiger partial charge in [0.1, 0.15) is 16.4 Å². The van der Waals surface area contributed by atoms with Gasteiger partial charge in [-0.3, -0.25) is 9.59 Å². The highest BCUT2D eigenvalue weighted by molar-refractivity contribution is 7.16. The number of anilines is 1. The number of thiophene rings is 1. The first kappa shape index (κ1) is 14.6. The number of hydrogen-bond donors (Lipinski definition) is 2. The number of rotatable bonds is 2. The van der Waals surface area contributed by atoms with E-state index in [1.807, 2.05) is 36.6 Å². The molecule has 0 spiro atoms. The lowest BCUT2D eigenvalue weighted by molar-refractivity contribution is -0.118. The minimum Gasteiger partial charge on any atom is -0.482 e. The van der Waals surface area contributed by atoms with Crippen molar-refractivity contribution >= 4 is 44.8 Å². The van der Waals surface area contributed by atoms with Crippen molar-refractivity contribution in [3.05, 3.63) is 51.4 Å². The second kappa shape index (κ2) is 5.61. The van der Waals surface area contributed by atoms with Gasteiger partial charge in [-0.1, -0.05) is 6.07 Å². The Labute approximate surface area is 140 Å². The topological polar surface area (TPSA) is 84.1 Å². The van der Waals surface area contributed by atoms with Gasteiger partial charge < -0.3 is 15.0 Å². The van der Waals surface area contributed by atoms with Crippen LogP contribution in [-0.2, 0) is 4.79 Å². The lowest BCUT2D eigenvalue weighted by atomic mass is 10.1. The third-order valence-corrected chi connectivity index (χ3v) is 4.53. The zero-order chi connectivity index (χ0) is 16.7. The predicted octanol–water partition coefficient (Wildman–Crippen LogP) is 2.88. The number of allylic oxidation sites excluding steroid dienone is 1. The maximum absolute atomic E-state index is 12.1. The van der Waals surface area contributed by atoms with E-state index in [0.29, 0.717) is 27.5 Å². The largest absolute Gasteiger partial charge is 0.482 e. The molecule has 24 heavy (non-hydrogen) atoms. The van der Waals surface area contributed by atoms with Crippen molar-refractivity contribution in [2.45, 2.75) is 6.92 Å². The van der Waals surface area contributed by atoms with Gasteiger partial charge in [0, 0.05) is 0 Å². The smallest absolute Gasteiger partial charge is 0.262 e. The summed E-state index contributed by atoms with van der Waals surface area (Å²) in [5.74, 6) is 1.01. The van der Waals surface area contributed by atoms with Crippen LogP contribution >= 0.6 is 11.3 Å². The number of benzene rings is 1. The number of nitrogens with one attached hydrogen (secondary N) is 2. The minimum atomic E-state index is -0.172. The number of carbonyl (C=O) groups is 1.